The van der Waals surface area contributed by atoms with Crippen molar-refractivity contribution in [3.63, 3.8) is 0 Å². The molecule has 4 nitrogen and oxygen atoms in total. The van der Waals surface area contributed by atoms with Gasteiger partial charge in [-0.25, -0.2) is 4.39 Å². The number of fused-ring (bicyclic) bond motifs is 1. The molecule has 0 aliphatic heterocycles. The fraction of sp³-hybridized carbons (Fsp3) is 0.375. The molecule has 1 N–H and O–H groups in total. The van der Waals surface area contributed by atoms with E-state index in [1.807, 2.05) is 20.8 Å². The minimum atomic E-state index is -0.904. The van der Waals surface area contributed by atoms with E-state index in [2.05, 4.69) is 4.98 Å². The number of carbonyl (C=O) groups is 1. The number of hydrogen-bond acceptors (Lipinski definition) is 3. The Labute approximate surface area is 123 Å². The molecule has 0 saturated carbocycles. The number of nitrogens with zero attached hydrogens (tertiary/aromatic N) is 2. The molecule has 0 saturated heterocycles. The first-order valence-electron chi connectivity index (χ1n) is 6.77. The molecule has 0 radical (unpaired) electrons. The van der Waals surface area contributed by atoms with Gasteiger partial charge in [0.1, 0.15) is 5.82 Å². The Kier molecular flexibility index (Phi) is 4.23. The summed E-state index contributed by atoms with van der Waals surface area (Å²) in [5, 5.41) is 9.78. The van der Waals surface area contributed by atoms with Crippen LogP contribution in [0.2, 0.25) is 0 Å². The van der Waals surface area contributed by atoms with Gasteiger partial charge in [-0.3, -0.25) is 14.7 Å². The van der Waals surface area contributed by atoms with Gasteiger partial charge in [0, 0.05) is 23.7 Å². The summed E-state index contributed by atoms with van der Waals surface area (Å²) < 4.78 is 13.7. The summed E-state index contributed by atoms with van der Waals surface area (Å²) in [5.41, 5.74) is 1.06. The van der Waals surface area contributed by atoms with E-state index < -0.39 is 5.97 Å². The molecule has 1 heterocycles. The second-order valence-electron chi connectivity index (χ2n) is 6.06. The van der Waals surface area contributed by atoms with Crippen LogP contribution in [-0.2, 0) is 11.3 Å². The first-order chi connectivity index (χ1) is 9.77. The Morgan fingerprint density at radius 2 is 2.10 bits per heavy atom. The highest BCUT2D eigenvalue weighted by Crippen LogP contribution is 2.23. The Balaban J connectivity index is 2.43. The van der Waals surface area contributed by atoms with Crippen molar-refractivity contribution in [2.45, 2.75) is 32.9 Å². The second-order valence-corrected chi connectivity index (χ2v) is 6.06. The third kappa shape index (κ3) is 3.76. The molecule has 0 atom stereocenters. The van der Waals surface area contributed by atoms with Crippen molar-refractivity contribution in [1.29, 1.82) is 0 Å². The van der Waals surface area contributed by atoms with Crippen molar-refractivity contribution in [3.05, 3.63) is 41.8 Å². The topological polar surface area (TPSA) is 53.4 Å². The standard InChI is InChI=1S/C16H19FN2O2/c1-16(2,3)19(10-14(20)21)9-12-8-13(17)7-11-5-4-6-18-15(11)12/h4-8H,9-10H2,1-3H3,(H,20,21). The van der Waals surface area contributed by atoms with Crippen LogP contribution in [0.3, 0.4) is 0 Å². The zero-order valence-corrected chi connectivity index (χ0v) is 12.4. The number of aliphatic carboxylic acids is 1. The molecule has 112 valence electrons. The zero-order chi connectivity index (χ0) is 15.6. The van der Waals surface area contributed by atoms with E-state index in [0.29, 0.717) is 17.6 Å². The molecular weight excluding hydrogens is 271 g/mol. The quantitative estimate of drug-likeness (QED) is 0.940. The van der Waals surface area contributed by atoms with Gasteiger partial charge in [0.25, 0.3) is 0 Å². The first-order valence-corrected chi connectivity index (χ1v) is 6.77. The summed E-state index contributed by atoms with van der Waals surface area (Å²) in [6.45, 7) is 6.04. The Morgan fingerprint density at radius 1 is 1.38 bits per heavy atom. The molecule has 21 heavy (non-hydrogen) atoms. The molecule has 0 fully saturated rings. The number of pyridine rings is 1. The van der Waals surface area contributed by atoms with E-state index in [1.54, 1.807) is 23.2 Å². The smallest absolute Gasteiger partial charge is 0.317 e. The minimum absolute atomic E-state index is 0.103. The van der Waals surface area contributed by atoms with Crippen LogP contribution in [0.1, 0.15) is 26.3 Å². The first kappa shape index (κ1) is 15.4. The van der Waals surface area contributed by atoms with Gasteiger partial charge in [0.2, 0.25) is 0 Å². The maximum absolute atomic E-state index is 13.7. The number of carboxylic acid groups (broad SMARTS) is 1. The molecular formula is C16H19FN2O2. The molecule has 0 spiro atoms. The highest BCUT2D eigenvalue weighted by atomic mass is 19.1. The number of halogens is 1. The molecule has 0 aliphatic carbocycles. The predicted octanol–water partition coefficient (Wildman–Crippen LogP) is 3.06. The average Bonchev–Trinajstić information content (AvgIpc) is 2.36. The van der Waals surface area contributed by atoms with Crippen LogP contribution in [0.15, 0.2) is 30.5 Å². The molecule has 0 unspecified atom stereocenters. The molecule has 1 aromatic heterocycles. The third-order valence-electron chi connectivity index (χ3n) is 3.38. The van der Waals surface area contributed by atoms with Crippen molar-refractivity contribution in [3.8, 4) is 0 Å². The van der Waals surface area contributed by atoms with E-state index in [4.69, 9.17) is 5.11 Å². The van der Waals surface area contributed by atoms with Crippen LogP contribution >= 0.6 is 0 Å². The van der Waals surface area contributed by atoms with Gasteiger partial charge in [-0.1, -0.05) is 6.07 Å². The fourth-order valence-electron chi connectivity index (χ4n) is 2.25. The van der Waals surface area contributed by atoms with E-state index in [-0.39, 0.29) is 17.9 Å². The summed E-state index contributed by atoms with van der Waals surface area (Å²) in [6, 6.07) is 6.41. The van der Waals surface area contributed by atoms with Crippen LogP contribution < -0.4 is 0 Å². The van der Waals surface area contributed by atoms with Gasteiger partial charge < -0.3 is 5.11 Å². The summed E-state index contributed by atoms with van der Waals surface area (Å²) in [7, 11) is 0. The SMILES string of the molecule is CC(C)(C)N(CC(=O)O)Cc1cc(F)cc2cccnc12. The minimum Gasteiger partial charge on any atom is -0.480 e. The fourth-order valence-corrected chi connectivity index (χ4v) is 2.25. The number of aromatic nitrogens is 1. The summed E-state index contributed by atoms with van der Waals surface area (Å²) in [4.78, 5) is 17.1. The summed E-state index contributed by atoms with van der Waals surface area (Å²) in [5.74, 6) is -1.24. The van der Waals surface area contributed by atoms with Crippen molar-refractivity contribution in [1.82, 2.24) is 9.88 Å². The number of carboxylic acids is 1. The normalized spacial score (nSPS) is 12.0. The third-order valence-corrected chi connectivity index (χ3v) is 3.38. The zero-order valence-electron chi connectivity index (χ0n) is 12.4. The molecule has 0 aliphatic rings. The monoisotopic (exact) mass is 290 g/mol. The van der Waals surface area contributed by atoms with Crippen molar-refractivity contribution in [2.24, 2.45) is 0 Å². The van der Waals surface area contributed by atoms with Crippen LogP contribution in [-0.4, -0.2) is 33.0 Å². The van der Waals surface area contributed by atoms with Gasteiger partial charge in [-0.15, -0.1) is 0 Å². The average molecular weight is 290 g/mol. The number of benzene rings is 1. The van der Waals surface area contributed by atoms with Gasteiger partial charge in [-0.2, -0.15) is 0 Å². The maximum atomic E-state index is 13.7. The highest BCUT2D eigenvalue weighted by Gasteiger charge is 2.24. The Bertz CT molecular complexity index is 665. The lowest BCUT2D eigenvalue weighted by Gasteiger charge is -2.34. The van der Waals surface area contributed by atoms with Gasteiger partial charge in [-0.05, 0) is 44.5 Å². The number of hydrogen-bond donors (Lipinski definition) is 1. The van der Waals surface area contributed by atoms with Gasteiger partial charge >= 0.3 is 5.97 Å². The molecule has 1 aromatic carbocycles. The van der Waals surface area contributed by atoms with Crippen molar-refractivity contribution >= 4 is 16.9 Å². The Hall–Kier alpha value is -2.01. The lowest BCUT2D eigenvalue weighted by molar-refractivity contribution is -0.139. The maximum Gasteiger partial charge on any atom is 0.317 e. The summed E-state index contributed by atoms with van der Waals surface area (Å²) in [6.07, 6.45) is 1.66. The molecule has 2 aromatic rings. The molecule has 0 bridgehead atoms. The van der Waals surface area contributed by atoms with Crippen molar-refractivity contribution in [2.75, 3.05) is 6.54 Å². The second kappa shape index (κ2) is 5.77. The van der Waals surface area contributed by atoms with Gasteiger partial charge in [0.05, 0.1) is 12.1 Å². The van der Waals surface area contributed by atoms with Crippen LogP contribution in [0.25, 0.3) is 10.9 Å². The molecule has 0 amide bonds. The lowest BCUT2D eigenvalue weighted by atomic mass is 10.0. The predicted molar refractivity (Wildman–Crippen MR) is 79.5 cm³/mol. The molecule has 2 rings (SSSR count). The van der Waals surface area contributed by atoms with Crippen LogP contribution in [0, 0.1) is 5.82 Å². The van der Waals surface area contributed by atoms with E-state index >= 15 is 0 Å². The highest BCUT2D eigenvalue weighted by molar-refractivity contribution is 5.81. The van der Waals surface area contributed by atoms with Gasteiger partial charge in [0.15, 0.2) is 0 Å². The summed E-state index contributed by atoms with van der Waals surface area (Å²) >= 11 is 0. The van der Waals surface area contributed by atoms with Crippen LogP contribution in [0.5, 0.6) is 0 Å². The van der Waals surface area contributed by atoms with Crippen LogP contribution in [0.4, 0.5) is 4.39 Å². The lowest BCUT2D eigenvalue weighted by Crippen LogP contribution is -2.43. The largest absolute Gasteiger partial charge is 0.480 e. The van der Waals surface area contributed by atoms with E-state index in [0.717, 1.165) is 5.39 Å². The van der Waals surface area contributed by atoms with E-state index in [1.165, 1.54) is 12.1 Å². The van der Waals surface area contributed by atoms with Crippen molar-refractivity contribution < 1.29 is 14.3 Å². The molecule has 5 heteroatoms. The Morgan fingerprint density at radius 3 is 2.71 bits per heavy atom. The number of rotatable bonds is 4. The van der Waals surface area contributed by atoms with E-state index in [9.17, 15) is 9.18 Å².